The zero-order valence-electron chi connectivity index (χ0n) is 11.0. The van der Waals surface area contributed by atoms with E-state index in [9.17, 15) is 4.79 Å². The van der Waals surface area contributed by atoms with E-state index in [0.29, 0.717) is 13.0 Å². The first-order chi connectivity index (χ1) is 8.00. The summed E-state index contributed by atoms with van der Waals surface area (Å²) < 4.78 is 0. The van der Waals surface area contributed by atoms with Gasteiger partial charge in [0.15, 0.2) is 0 Å². The molecule has 0 aromatic heterocycles. The van der Waals surface area contributed by atoms with Crippen LogP contribution in [0.15, 0.2) is 12.1 Å². The van der Waals surface area contributed by atoms with Crippen molar-refractivity contribution in [2.45, 2.75) is 34.1 Å². The maximum atomic E-state index is 10.7. The molecular formula is C15H19NO. The van der Waals surface area contributed by atoms with Crippen molar-refractivity contribution in [3.8, 4) is 11.8 Å². The van der Waals surface area contributed by atoms with Crippen LogP contribution in [0, 0.1) is 32.6 Å². The molecule has 0 bridgehead atoms. The third-order valence-corrected chi connectivity index (χ3v) is 2.69. The van der Waals surface area contributed by atoms with Crippen LogP contribution < -0.4 is 5.32 Å². The van der Waals surface area contributed by atoms with Crippen molar-refractivity contribution >= 4 is 5.91 Å². The van der Waals surface area contributed by atoms with Gasteiger partial charge in [-0.05, 0) is 43.5 Å². The first kappa shape index (κ1) is 13.3. The number of rotatable bonds is 2. The summed E-state index contributed by atoms with van der Waals surface area (Å²) in [6.07, 6.45) is 0.686. The summed E-state index contributed by atoms with van der Waals surface area (Å²) in [6.45, 7) is 8.41. The summed E-state index contributed by atoms with van der Waals surface area (Å²) >= 11 is 0. The van der Waals surface area contributed by atoms with Gasteiger partial charge in [0.2, 0.25) is 5.91 Å². The Bertz CT molecular complexity index is 478. The molecule has 1 aromatic carbocycles. The molecule has 0 aliphatic carbocycles. The zero-order valence-corrected chi connectivity index (χ0v) is 11.0. The van der Waals surface area contributed by atoms with Crippen LogP contribution in [-0.4, -0.2) is 12.5 Å². The van der Waals surface area contributed by atoms with Crippen LogP contribution in [0.1, 0.15) is 35.6 Å². The van der Waals surface area contributed by atoms with Crippen LogP contribution >= 0.6 is 0 Å². The second-order valence-electron chi connectivity index (χ2n) is 4.29. The molecule has 1 rings (SSSR count). The molecule has 0 aliphatic heterocycles. The van der Waals surface area contributed by atoms with Crippen LogP contribution in [0.25, 0.3) is 0 Å². The van der Waals surface area contributed by atoms with E-state index in [-0.39, 0.29) is 5.91 Å². The van der Waals surface area contributed by atoms with Gasteiger partial charge in [0.05, 0.1) is 0 Å². The number of hydrogen-bond acceptors (Lipinski definition) is 1. The summed E-state index contributed by atoms with van der Waals surface area (Å²) in [7, 11) is 0. The van der Waals surface area contributed by atoms with Crippen molar-refractivity contribution in [1.82, 2.24) is 5.32 Å². The van der Waals surface area contributed by atoms with Crippen LogP contribution in [0.5, 0.6) is 0 Å². The molecule has 1 aromatic rings. The maximum Gasteiger partial charge on any atom is 0.216 e. The lowest BCUT2D eigenvalue weighted by Gasteiger charge is -2.04. The quantitative estimate of drug-likeness (QED) is 0.612. The van der Waals surface area contributed by atoms with E-state index in [1.807, 2.05) is 0 Å². The zero-order chi connectivity index (χ0) is 12.8. The Labute approximate surface area is 103 Å². The highest BCUT2D eigenvalue weighted by Crippen LogP contribution is 2.14. The highest BCUT2D eigenvalue weighted by molar-refractivity contribution is 5.72. The minimum Gasteiger partial charge on any atom is -0.355 e. The molecule has 0 radical (unpaired) electrons. The van der Waals surface area contributed by atoms with Crippen molar-refractivity contribution in [2.75, 3.05) is 6.54 Å². The summed E-state index contributed by atoms with van der Waals surface area (Å²) in [5.74, 6) is 6.23. The maximum absolute atomic E-state index is 10.7. The van der Waals surface area contributed by atoms with E-state index in [2.05, 4.69) is 50.1 Å². The molecule has 0 spiro atoms. The molecule has 17 heavy (non-hydrogen) atoms. The number of aryl methyl sites for hydroxylation is 3. The predicted octanol–water partition coefficient (Wildman–Crippen LogP) is 2.49. The molecule has 0 saturated carbocycles. The first-order valence-corrected chi connectivity index (χ1v) is 5.82. The fraction of sp³-hybridized carbons (Fsp3) is 0.400. The van der Waals surface area contributed by atoms with E-state index >= 15 is 0 Å². The van der Waals surface area contributed by atoms with Gasteiger partial charge in [-0.3, -0.25) is 4.79 Å². The molecule has 0 heterocycles. The highest BCUT2D eigenvalue weighted by Gasteiger charge is 1.98. The molecular weight excluding hydrogens is 210 g/mol. The highest BCUT2D eigenvalue weighted by atomic mass is 16.1. The lowest BCUT2D eigenvalue weighted by atomic mass is 10.0. The summed E-state index contributed by atoms with van der Waals surface area (Å²) in [5.41, 5.74) is 4.85. The molecule has 2 heteroatoms. The Balaban J connectivity index is 2.66. The summed E-state index contributed by atoms with van der Waals surface area (Å²) in [6, 6.07) is 4.28. The Morgan fingerprint density at radius 1 is 1.18 bits per heavy atom. The van der Waals surface area contributed by atoms with Crippen LogP contribution in [0.4, 0.5) is 0 Å². The molecule has 0 fully saturated rings. The number of carbonyl (C=O) groups is 1. The van der Waals surface area contributed by atoms with Gasteiger partial charge in [-0.15, -0.1) is 0 Å². The van der Waals surface area contributed by atoms with E-state index in [1.54, 1.807) is 0 Å². The van der Waals surface area contributed by atoms with Gasteiger partial charge in [0, 0.05) is 25.5 Å². The smallest absolute Gasteiger partial charge is 0.216 e. The number of benzene rings is 1. The average Bonchev–Trinajstić information content (AvgIpc) is 2.24. The lowest BCUT2D eigenvalue weighted by molar-refractivity contribution is -0.118. The average molecular weight is 229 g/mol. The van der Waals surface area contributed by atoms with E-state index in [0.717, 1.165) is 5.56 Å². The second kappa shape index (κ2) is 6.10. The summed E-state index contributed by atoms with van der Waals surface area (Å²) in [4.78, 5) is 10.7. The molecule has 1 amide bonds. The van der Waals surface area contributed by atoms with Gasteiger partial charge in [0.1, 0.15) is 0 Å². The molecule has 90 valence electrons. The van der Waals surface area contributed by atoms with Gasteiger partial charge < -0.3 is 5.32 Å². The van der Waals surface area contributed by atoms with Gasteiger partial charge >= 0.3 is 0 Å². The minimum absolute atomic E-state index is 0.00541. The monoisotopic (exact) mass is 229 g/mol. The summed E-state index contributed by atoms with van der Waals surface area (Å²) in [5, 5.41) is 2.73. The molecule has 0 saturated heterocycles. The normalized spacial score (nSPS) is 9.41. The fourth-order valence-corrected chi connectivity index (χ4v) is 1.55. The topological polar surface area (TPSA) is 29.1 Å². The number of carbonyl (C=O) groups excluding carboxylic acids is 1. The van der Waals surface area contributed by atoms with E-state index in [4.69, 9.17) is 0 Å². The van der Waals surface area contributed by atoms with Gasteiger partial charge in [-0.25, -0.2) is 0 Å². The molecule has 0 atom stereocenters. The third kappa shape index (κ3) is 4.32. The fourth-order valence-electron chi connectivity index (χ4n) is 1.55. The Morgan fingerprint density at radius 3 is 2.47 bits per heavy atom. The Kier molecular flexibility index (Phi) is 4.78. The molecule has 2 nitrogen and oxygen atoms in total. The molecule has 0 unspecified atom stereocenters. The standard InChI is InChI=1S/C15H19NO/c1-11-9-13(3)15(10-12(11)2)7-5-6-8-16-14(4)17/h9-10H,6,8H2,1-4H3,(H,16,17). The van der Waals surface area contributed by atoms with Crippen molar-refractivity contribution in [1.29, 1.82) is 0 Å². The lowest BCUT2D eigenvalue weighted by Crippen LogP contribution is -2.20. The number of amides is 1. The molecule has 0 aliphatic rings. The van der Waals surface area contributed by atoms with Crippen LogP contribution in [0.2, 0.25) is 0 Å². The third-order valence-electron chi connectivity index (χ3n) is 2.69. The van der Waals surface area contributed by atoms with Crippen molar-refractivity contribution in [3.05, 3.63) is 34.4 Å². The van der Waals surface area contributed by atoms with E-state index < -0.39 is 0 Å². The van der Waals surface area contributed by atoms with Crippen LogP contribution in [0.3, 0.4) is 0 Å². The van der Waals surface area contributed by atoms with Crippen molar-refractivity contribution < 1.29 is 4.79 Å². The Hall–Kier alpha value is -1.75. The first-order valence-electron chi connectivity index (χ1n) is 5.82. The second-order valence-corrected chi connectivity index (χ2v) is 4.29. The number of nitrogens with one attached hydrogen (secondary N) is 1. The largest absolute Gasteiger partial charge is 0.355 e. The van der Waals surface area contributed by atoms with Gasteiger partial charge in [-0.1, -0.05) is 17.9 Å². The minimum atomic E-state index is -0.00541. The van der Waals surface area contributed by atoms with E-state index in [1.165, 1.54) is 23.6 Å². The van der Waals surface area contributed by atoms with Gasteiger partial charge in [0.25, 0.3) is 0 Å². The van der Waals surface area contributed by atoms with Gasteiger partial charge in [-0.2, -0.15) is 0 Å². The van der Waals surface area contributed by atoms with Crippen molar-refractivity contribution in [3.63, 3.8) is 0 Å². The van der Waals surface area contributed by atoms with Crippen molar-refractivity contribution in [2.24, 2.45) is 0 Å². The number of hydrogen-bond donors (Lipinski definition) is 1. The SMILES string of the molecule is CC(=O)NCCC#Cc1cc(C)c(C)cc1C. The predicted molar refractivity (Wildman–Crippen MR) is 70.8 cm³/mol. The van der Waals surface area contributed by atoms with Crippen LogP contribution in [-0.2, 0) is 4.79 Å². The Morgan fingerprint density at radius 2 is 1.82 bits per heavy atom. The molecule has 1 N–H and O–H groups in total.